The van der Waals surface area contributed by atoms with Gasteiger partial charge in [-0.05, 0) is 44.2 Å². The number of nitriles is 1. The number of hydrogen-bond acceptors (Lipinski definition) is 5. The van der Waals surface area contributed by atoms with Gasteiger partial charge in [-0.3, -0.25) is 4.79 Å². The van der Waals surface area contributed by atoms with Crippen LogP contribution in [-0.2, 0) is 17.4 Å². The average molecular weight is 442 g/mol. The van der Waals surface area contributed by atoms with Gasteiger partial charge in [-0.15, -0.1) is 0 Å². The molecular weight excluding hydrogens is 421 g/mol. The molecule has 0 bridgehead atoms. The van der Waals surface area contributed by atoms with Crippen molar-refractivity contribution in [2.45, 2.75) is 26.4 Å². The maximum atomic E-state index is 13.0. The number of benzene rings is 1. The molecular formula is C22H21F3N6O. The van der Waals surface area contributed by atoms with Gasteiger partial charge in [0.15, 0.2) is 0 Å². The van der Waals surface area contributed by atoms with E-state index in [0.717, 1.165) is 12.1 Å². The molecule has 10 heteroatoms. The zero-order valence-electron chi connectivity index (χ0n) is 17.5. The summed E-state index contributed by atoms with van der Waals surface area (Å²) in [6, 6.07) is 10.2. The Morgan fingerprint density at radius 2 is 1.97 bits per heavy atom. The molecule has 2 heterocycles. The number of aryl methyl sites for hydroxylation is 1. The van der Waals surface area contributed by atoms with Gasteiger partial charge in [0.05, 0.1) is 28.9 Å². The Morgan fingerprint density at radius 1 is 1.19 bits per heavy atom. The quantitative estimate of drug-likeness (QED) is 0.546. The van der Waals surface area contributed by atoms with Crippen molar-refractivity contribution < 1.29 is 18.0 Å². The minimum atomic E-state index is -4.45. The summed E-state index contributed by atoms with van der Waals surface area (Å²) in [5.41, 5.74) is 1.75. The molecule has 2 N–H and O–H groups in total. The lowest BCUT2D eigenvalue weighted by Crippen LogP contribution is -2.30. The summed E-state index contributed by atoms with van der Waals surface area (Å²) >= 11 is 0. The Kier molecular flexibility index (Phi) is 6.78. The first-order chi connectivity index (χ1) is 15.2. The Labute approximate surface area is 182 Å². The lowest BCUT2D eigenvalue weighted by Gasteiger charge is -2.10. The summed E-state index contributed by atoms with van der Waals surface area (Å²) in [4.78, 5) is 16.5. The first kappa shape index (κ1) is 22.8. The van der Waals surface area contributed by atoms with E-state index in [-0.39, 0.29) is 18.0 Å². The van der Waals surface area contributed by atoms with Gasteiger partial charge in [0.25, 0.3) is 0 Å². The summed E-state index contributed by atoms with van der Waals surface area (Å²) in [6.45, 7) is 4.11. The maximum absolute atomic E-state index is 13.0. The Bertz CT molecular complexity index is 1160. The molecule has 32 heavy (non-hydrogen) atoms. The van der Waals surface area contributed by atoms with Crippen LogP contribution in [0.1, 0.15) is 28.1 Å². The van der Waals surface area contributed by atoms with Gasteiger partial charge < -0.3 is 10.6 Å². The highest BCUT2D eigenvalue weighted by molar-refractivity contribution is 5.79. The standard InChI is InChI=1S/C22H21F3N6O/c1-14-19(12-20(32)27-9-10-29-21-16(13-26)5-4-8-28-21)15(2)31(30-14)18-7-3-6-17(11-18)22(23,24)25/h3-8,11H,9-10,12H2,1-2H3,(H,27,32)(H,28,29). The van der Waals surface area contributed by atoms with Gasteiger partial charge in [0.2, 0.25) is 5.91 Å². The third-order valence-electron chi connectivity index (χ3n) is 4.86. The number of rotatable bonds is 7. The summed E-state index contributed by atoms with van der Waals surface area (Å²) in [5, 5.41) is 19.2. The number of pyridine rings is 1. The Hall–Kier alpha value is -3.87. The minimum Gasteiger partial charge on any atom is -0.367 e. The molecule has 1 amide bonds. The van der Waals surface area contributed by atoms with Crippen LogP contribution >= 0.6 is 0 Å². The second-order valence-electron chi connectivity index (χ2n) is 7.07. The van der Waals surface area contributed by atoms with E-state index in [4.69, 9.17) is 5.26 Å². The predicted molar refractivity (Wildman–Crippen MR) is 112 cm³/mol. The zero-order chi connectivity index (χ0) is 23.3. The molecule has 0 saturated carbocycles. The number of carbonyl (C=O) groups excluding carboxylic acids is 1. The van der Waals surface area contributed by atoms with E-state index in [1.54, 1.807) is 32.2 Å². The highest BCUT2D eigenvalue weighted by Crippen LogP contribution is 2.30. The molecule has 1 aromatic carbocycles. The van der Waals surface area contributed by atoms with Gasteiger partial charge in [-0.1, -0.05) is 6.07 Å². The SMILES string of the molecule is Cc1nn(-c2cccc(C(F)(F)F)c2)c(C)c1CC(=O)NCCNc1ncccc1C#N. The van der Waals surface area contributed by atoms with E-state index >= 15 is 0 Å². The normalized spacial score (nSPS) is 11.1. The molecule has 0 fully saturated rings. The number of halogens is 3. The van der Waals surface area contributed by atoms with E-state index in [2.05, 4.69) is 20.7 Å². The molecule has 3 rings (SSSR count). The van der Waals surface area contributed by atoms with Crippen LogP contribution < -0.4 is 10.6 Å². The van der Waals surface area contributed by atoms with Crippen molar-refractivity contribution in [3.8, 4) is 11.8 Å². The number of nitrogens with zero attached hydrogens (tertiary/aromatic N) is 4. The summed E-state index contributed by atoms with van der Waals surface area (Å²) in [7, 11) is 0. The second-order valence-corrected chi connectivity index (χ2v) is 7.07. The van der Waals surface area contributed by atoms with Crippen molar-refractivity contribution >= 4 is 11.7 Å². The van der Waals surface area contributed by atoms with Crippen molar-refractivity contribution in [2.75, 3.05) is 18.4 Å². The number of nitrogens with one attached hydrogen (secondary N) is 2. The van der Waals surface area contributed by atoms with Crippen LogP contribution in [0.5, 0.6) is 0 Å². The number of amides is 1. The summed E-state index contributed by atoms with van der Waals surface area (Å²) in [5.74, 6) is 0.196. The highest BCUT2D eigenvalue weighted by atomic mass is 19.4. The zero-order valence-corrected chi connectivity index (χ0v) is 17.5. The van der Waals surface area contributed by atoms with Gasteiger partial charge in [0.1, 0.15) is 11.9 Å². The van der Waals surface area contributed by atoms with Crippen molar-refractivity contribution in [1.29, 1.82) is 5.26 Å². The predicted octanol–water partition coefficient (Wildman–Crippen LogP) is 3.55. The van der Waals surface area contributed by atoms with Crippen LogP contribution in [0.15, 0.2) is 42.6 Å². The van der Waals surface area contributed by atoms with Crippen molar-refractivity contribution in [1.82, 2.24) is 20.1 Å². The van der Waals surface area contributed by atoms with Gasteiger partial charge in [-0.25, -0.2) is 9.67 Å². The minimum absolute atomic E-state index is 0.0453. The largest absolute Gasteiger partial charge is 0.416 e. The molecule has 0 atom stereocenters. The molecule has 7 nitrogen and oxygen atoms in total. The molecule has 2 aromatic heterocycles. The van der Waals surface area contributed by atoms with E-state index < -0.39 is 11.7 Å². The third kappa shape index (κ3) is 5.24. The second kappa shape index (κ2) is 9.51. The van der Waals surface area contributed by atoms with Crippen molar-refractivity contribution in [3.63, 3.8) is 0 Å². The van der Waals surface area contributed by atoms with Crippen LogP contribution in [0.25, 0.3) is 5.69 Å². The van der Waals surface area contributed by atoms with Gasteiger partial charge >= 0.3 is 6.18 Å². The molecule has 0 unspecified atom stereocenters. The maximum Gasteiger partial charge on any atom is 0.416 e. The van der Waals surface area contributed by atoms with E-state index in [9.17, 15) is 18.0 Å². The van der Waals surface area contributed by atoms with Crippen LogP contribution in [0.3, 0.4) is 0 Å². The lowest BCUT2D eigenvalue weighted by atomic mass is 10.1. The topological polar surface area (TPSA) is 95.6 Å². The fraction of sp³-hybridized carbons (Fsp3) is 0.273. The Balaban J connectivity index is 1.63. The van der Waals surface area contributed by atoms with Crippen LogP contribution in [-0.4, -0.2) is 33.8 Å². The van der Waals surface area contributed by atoms with Crippen LogP contribution in [0.2, 0.25) is 0 Å². The fourth-order valence-corrected chi connectivity index (χ4v) is 3.24. The average Bonchev–Trinajstić information content (AvgIpc) is 3.04. The van der Waals surface area contributed by atoms with Crippen molar-refractivity contribution in [2.24, 2.45) is 0 Å². The van der Waals surface area contributed by atoms with Crippen LogP contribution in [0, 0.1) is 25.2 Å². The number of anilines is 1. The number of hydrogen-bond donors (Lipinski definition) is 2. The first-order valence-electron chi connectivity index (χ1n) is 9.79. The number of alkyl halides is 3. The molecule has 0 aliphatic rings. The number of carbonyl (C=O) groups is 1. The molecule has 0 saturated heterocycles. The van der Waals surface area contributed by atoms with E-state index in [0.29, 0.717) is 41.4 Å². The van der Waals surface area contributed by atoms with E-state index in [1.165, 1.54) is 16.8 Å². The van der Waals surface area contributed by atoms with E-state index in [1.807, 2.05) is 6.07 Å². The smallest absolute Gasteiger partial charge is 0.367 e. The first-order valence-corrected chi connectivity index (χ1v) is 9.79. The Morgan fingerprint density at radius 3 is 2.69 bits per heavy atom. The van der Waals surface area contributed by atoms with Gasteiger partial charge in [-0.2, -0.15) is 23.5 Å². The monoisotopic (exact) mass is 442 g/mol. The molecule has 166 valence electrons. The molecule has 0 radical (unpaired) electrons. The highest BCUT2D eigenvalue weighted by Gasteiger charge is 2.30. The molecule has 0 aliphatic heterocycles. The van der Waals surface area contributed by atoms with Crippen molar-refractivity contribution in [3.05, 3.63) is 70.7 Å². The summed E-state index contributed by atoms with van der Waals surface area (Å²) in [6.07, 6.45) is -2.84. The summed E-state index contributed by atoms with van der Waals surface area (Å²) < 4.78 is 40.5. The lowest BCUT2D eigenvalue weighted by molar-refractivity contribution is -0.137. The number of aromatic nitrogens is 3. The third-order valence-corrected chi connectivity index (χ3v) is 4.86. The van der Waals surface area contributed by atoms with Gasteiger partial charge in [0, 0.05) is 30.5 Å². The van der Waals surface area contributed by atoms with Crippen LogP contribution in [0.4, 0.5) is 19.0 Å². The molecule has 0 spiro atoms. The fourth-order valence-electron chi connectivity index (χ4n) is 3.24. The molecule has 3 aromatic rings. The molecule has 0 aliphatic carbocycles.